The molecule has 3 heterocycles. The lowest BCUT2D eigenvalue weighted by atomic mass is 9.94. The van der Waals surface area contributed by atoms with Crippen molar-refractivity contribution >= 4 is 40.1 Å². The Morgan fingerprint density at radius 2 is 1.71 bits per heavy atom. The zero-order chi connectivity index (χ0) is 29.6. The van der Waals surface area contributed by atoms with Crippen molar-refractivity contribution in [1.82, 2.24) is 10.2 Å². The molecule has 3 aromatic carbocycles. The average molecular weight is 567 g/mol. The lowest BCUT2D eigenvalue weighted by Gasteiger charge is -2.42. The number of piperazine rings is 1. The molecule has 0 aromatic heterocycles. The fourth-order valence-electron chi connectivity index (χ4n) is 7.24. The number of fused-ring (bicyclic) bond motifs is 2. The van der Waals surface area contributed by atoms with E-state index >= 15 is 0 Å². The summed E-state index contributed by atoms with van der Waals surface area (Å²) >= 11 is 0. The summed E-state index contributed by atoms with van der Waals surface area (Å²) < 4.78 is 5.65. The molecule has 4 aliphatic rings. The van der Waals surface area contributed by atoms with Crippen molar-refractivity contribution in [1.29, 1.82) is 0 Å². The van der Waals surface area contributed by atoms with Crippen molar-refractivity contribution < 1.29 is 19.1 Å². The highest BCUT2D eigenvalue weighted by Gasteiger charge is 2.48. The molecule has 2 unspecified atom stereocenters. The van der Waals surface area contributed by atoms with E-state index in [1.807, 2.05) is 70.0 Å². The molecule has 218 valence electrons. The Bertz CT molecular complexity index is 1640. The number of rotatable bonds is 4. The molecule has 1 saturated carbocycles. The van der Waals surface area contributed by atoms with Gasteiger partial charge in [-0.05, 0) is 94.2 Å². The molecule has 8 heteroatoms. The molecule has 2 saturated heterocycles. The van der Waals surface area contributed by atoms with Gasteiger partial charge in [-0.15, -0.1) is 0 Å². The van der Waals surface area contributed by atoms with Crippen LogP contribution in [-0.2, 0) is 10.3 Å². The van der Waals surface area contributed by atoms with Crippen molar-refractivity contribution in [2.45, 2.75) is 76.6 Å². The number of likely N-dealkylation sites (tertiary alicyclic amines) is 1. The van der Waals surface area contributed by atoms with Gasteiger partial charge in [0.15, 0.2) is 0 Å². The van der Waals surface area contributed by atoms with Crippen molar-refractivity contribution in [2.75, 3.05) is 29.9 Å². The molecule has 2 atom stereocenters. The Kier molecular flexibility index (Phi) is 5.88. The first kappa shape index (κ1) is 26.8. The zero-order valence-electron chi connectivity index (χ0n) is 25.0. The van der Waals surface area contributed by atoms with E-state index in [-0.39, 0.29) is 30.0 Å². The Morgan fingerprint density at radius 1 is 1.00 bits per heavy atom. The highest BCUT2D eigenvalue weighted by atomic mass is 16.6. The van der Waals surface area contributed by atoms with Crippen LogP contribution < -0.4 is 15.1 Å². The first-order valence-corrected chi connectivity index (χ1v) is 15.0. The number of anilines is 2. The summed E-state index contributed by atoms with van der Waals surface area (Å²) in [5.41, 5.74) is 4.38. The number of aryl methyl sites for hydroxylation is 1. The minimum atomic E-state index is -0.522. The van der Waals surface area contributed by atoms with Crippen LogP contribution >= 0.6 is 0 Å². The fourth-order valence-corrected chi connectivity index (χ4v) is 7.24. The van der Waals surface area contributed by atoms with E-state index in [4.69, 9.17) is 4.74 Å². The van der Waals surface area contributed by atoms with Gasteiger partial charge in [-0.1, -0.05) is 24.3 Å². The number of nitrogens with one attached hydrogen (secondary N) is 1. The number of carbonyl (C=O) groups is 3. The summed E-state index contributed by atoms with van der Waals surface area (Å²) in [5, 5.41) is 5.41. The van der Waals surface area contributed by atoms with Gasteiger partial charge in [-0.2, -0.15) is 0 Å². The van der Waals surface area contributed by atoms with Crippen molar-refractivity contribution in [2.24, 2.45) is 0 Å². The number of carbonyl (C=O) groups excluding carboxylic acids is 3. The summed E-state index contributed by atoms with van der Waals surface area (Å²) in [5.74, 6) is -0.0713. The summed E-state index contributed by atoms with van der Waals surface area (Å²) in [7, 11) is 1.81. The molecular formula is C34H38N4O4. The number of amides is 3. The highest BCUT2D eigenvalue weighted by Crippen LogP contribution is 2.51. The van der Waals surface area contributed by atoms with Crippen molar-refractivity contribution in [3.8, 4) is 0 Å². The van der Waals surface area contributed by atoms with Gasteiger partial charge in [-0.3, -0.25) is 9.59 Å². The van der Waals surface area contributed by atoms with E-state index in [1.165, 1.54) is 0 Å². The molecule has 42 heavy (non-hydrogen) atoms. The van der Waals surface area contributed by atoms with Gasteiger partial charge in [0, 0.05) is 54.4 Å². The molecule has 3 fully saturated rings. The van der Waals surface area contributed by atoms with E-state index in [1.54, 1.807) is 4.90 Å². The van der Waals surface area contributed by atoms with Gasteiger partial charge in [0.2, 0.25) is 0 Å². The minimum Gasteiger partial charge on any atom is -0.444 e. The fraction of sp³-hybridized carbons (Fsp3) is 0.441. The quantitative estimate of drug-likeness (QED) is 0.435. The van der Waals surface area contributed by atoms with Crippen LogP contribution in [-0.4, -0.2) is 60.6 Å². The van der Waals surface area contributed by atoms with Crippen LogP contribution in [0.15, 0.2) is 48.5 Å². The highest BCUT2D eigenvalue weighted by molar-refractivity contribution is 6.25. The maximum Gasteiger partial charge on any atom is 0.410 e. The summed E-state index contributed by atoms with van der Waals surface area (Å²) in [4.78, 5) is 45.4. The molecule has 1 aliphatic carbocycles. The lowest BCUT2D eigenvalue weighted by Crippen LogP contribution is -2.56. The van der Waals surface area contributed by atoms with E-state index in [2.05, 4.69) is 28.4 Å². The zero-order valence-corrected chi connectivity index (χ0v) is 25.0. The number of nitrogens with zero attached hydrogens (tertiary/aromatic N) is 3. The second kappa shape index (κ2) is 9.21. The summed E-state index contributed by atoms with van der Waals surface area (Å²) in [6.07, 6.45) is 3.47. The van der Waals surface area contributed by atoms with Gasteiger partial charge in [0.05, 0.1) is 11.2 Å². The van der Waals surface area contributed by atoms with Gasteiger partial charge < -0.3 is 24.8 Å². The topological polar surface area (TPSA) is 82.2 Å². The van der Waals surface area contributed by atoms with Crippen LogP contribution in [0.1, 0.15) is 78.3 Å². The maximum absolute atomic E-state index is 13.9. The normalized spacial score (nSPS) is 22.1. The Labute approximate surface area is 246 Å². The van der Waals surface area contributed by atoms with Crippen molar-refractivity contribution in [3.05, 3.63) is 70.8 Å². The smallest absolute Gasteiger partial charge is 0.410 e. The molecule has 3 aromatic rings. The van der Waals surface area contributed by atoms with Crippen LogP contribution in [0, 0.1) is 6.92 Å². The number of hydrogen-bond acceptors (Lipinski definition) is 5. The second-order valence-corrected chi connectivity index (χ2v) is 13.4. The largest absolute Gasteiger partial charge is 0.444 e. The molecule has 8 nitrogen and oxygen atoms in total. The standard InChI is InChI=1S/C34H38N4O4/c1-20-9-10-21(38-22-11-12-23(38)19-37(18-22)32(41)42-33(2,3)4)17-26(20)30(39)35-34(15-16-34)27-13-14-28-29-24(27)7-6-8-25(29)31(40)36(28)5/h6-10,13-14,17,22-23H,11-12,15-16,18-19H2,1-5H3,(H,35,39). The third-order valence-electron chi connectivity index (χ3n) is 9.43. The predicted molar refractivity (Wildman–Crippen MR) is 163 cm³/mol. The Balaban J connectivity index is 1.14. The summed E-state index contributed by atoms with van der Waals surface area (Å²) in [6, 6.07) is 16.5. The van der Waals surface area contributed by atoms with E-state index in [0.717, 1.165) is 64.5 Å². The van der Waals surface area contributed by atoms with Gasteiger partial charge in [0.25, 0.3) is 11.8 Å². The third kappa shape index (κ3) is 4.22. The molecule has 0 radical (unpaired) electrons. The monoisotopic (exact) mass is 566 g/mol. The van der Waals surface area contributed by atoms with Crippen molar-refractivity contribution in [3.63, 3.8) is 0 Å². The molecule has 1 N–H and O–H groups in total. The first-order chi connectivity index (χ1) is 20.0. The summed E-state index contributed by atoms with van der Waals surface area (Å²) in [6.45, 7) is 8.90. The van der Waals surface area contributed by atoms with Crippen LogP contribution in [0.5, 0.6) is 0 Å². The van der Waals surface area contributed by atoms with E-state index in [9.17, 15) is 14.4 Å². The Morgan fingerprint density at radius 3 is 2.38 bits per heavy atom. The molecule has 2 bridgehead atoms. The molecule has 7 rings (SSSR count). The van der Waals surface area contributed by atoms with E-state index < -0.39 is 11.1 Å². The maximum atomic E-state index is 13.9. The van der Waals surface area contributed by atoms with Gasteiger partial charge >= 0.3 is 6.09 Å². The molecular weight excluding hydrogens is 528 g/mol. The number of ether oxygens (including phenoxy) is 1. The molecule has 0 spiro atoms. The number of hydrogen-bond donors (Lipinski definition) is 1. The minimum absolute atomic E-state index is 0.00923. The molecule has 3 aliphatic heterocycles. The van der Waals surface area contributed by atoms with Crippen LogP contribution in [0.4, 0.5) is 16.2 Å². The van der Waals surface area contributed by atoms with E-state index in [0.29, 0.717) is 18.7 Å². The van der Waals surface area contributed by atoms with Crippen LogP contribution in [0.3, 0.4) is 0 Å². The third-order valence-corrected chi connectivity index (χ3v) is 9.43. The predicted octanol–water partition coefficient (Wildman–Crippen LogP) is 5.75. The second-order valence-electron chi connectivity index (χ2n) is 13.4. The van der Waals surface area contributed by atoms with Gasteiger partial charge in [-0.25, -0.2) is 4.79 Å². The number of benzene rings is 3. The first-order valence-electron chi connectivity index (χ1n) is 15.0. The lowest BCUT2D eigenvalue weighted by molar-refractivity contribution is 0.0209. The van der Waals surface area contributed by atoms with Gasteiger partial charge in [0.1, 0.15) is 5.60 Å². The SMILES string of the molecule is Cc1ccc(N2C3CCC2CN(C(=O)OC(C)(C)C)C3)cc1C(=O)NC1(c2ccc3c4c(cccc24)C(=O)N3C)CC1. The Hall–Kier alpha value is -4.07. The molecule has 3 amide bonds. The van der Waals surface area contributed by atoms with Crippen LogP contribution in [0.25, 0.3) is 10.8 Å². The van der Waals surface area contributed by atoms with Crippen LogP contribution in [0.2, 0.25) is 0 Å². The average Bonchev–Trinajstić information content (AvgIpc) is 3.62.